The molecule has 0 aromatic carbocycles. The van der Waals surface area contributed by atoms with Crippen molar-refractivity contribution in [3.8, 4) is 10.4 Å². The summed E-state index contributed by atoms with van der Waals surface area (Å²) in [5.41, 5.74) is 1.92. The lowest BCUT2D eigenvalue weighted by Crippen LogP contribution is -2.22. The topological polar surface area (TPSA) is 53.4 Å². The minimum atomic E-state index is -1.07. The van der Waals surface area contributed by atoms with Crippen LogP contribution in [-0.4, -0.2) is 37.5 Å². The van der Waals surface area contributed by atoms with E-state index in [0.717, 1.165) is 33.3 Å². The first-order chi connectivity index (χ1) is 11.2. The minimum absolute atomic E-state index is 0.335. The SMILES string of the molecule is COC(=O)c1sc(-c2cn(COCC[Si](C)(C)C)nc2C)cc1Br. The van der Waals surface area contributed by atoms with E-state index >= 15 is 0 Å². The van der Waals surface area contributed by atoms with Crippen LogP contribution in [-0.2, 0) is 16.2 Å². The standard InChI is InChI=1S/C16H23BrN2O3SSi/c1-11-12(14-8-13(17)15(23-14)16(20)21-2)9-19(18-11)10-22-6-7-24(3,4)5/h8-9H,6-7,10H2,1-5H3. The van der Waals surface area contributed by atoms with Gasteiger partial charge in [-0.3, -0.25) is 0 Å². The average Bonchev–Trinajstić information content (AvgIpc) is 3.05. The third kappa shape index (κ3) is 5.02. The summed E-state index contributed by atoms with van der Waals surface area (Å²) in [5.74, 6) is -0.335. The van der Waals surface area contributed by atoms with Gasteiger partial charge in [-0.1, -0.05) is 19.6 Å². The van der Waals surface area contributed by atoms with E-state index in [9.17, 15) is 4.79 Å². The summed E-state index contributed by atoms with van der Waals surface area (Å²) < 4.78 is 13.1. The number of aryl methyl sites for hydroxylation is 1. The number of thiophene rings is 1. The molecule has 0 unspecified atom stereocenters. The smallest absolute Gasteiger partial charge is 0.349 e. The quantitative estimate of drug-likeness (QED) is 0.360. The summed E-state index contributed by atoms with van der Waals surface area (Å²) >= 11 is 4.81. The molecule has 0 amide bonds. The fourth-order valence-electron chi connectivity index (χ4n) is 2.10. The Morgan fingerprint density at radius 3 is 2.75 bits per heavy atom. The van der Waals surface area contributed by atoms with Crippen LogP contribution in [0.1, 0.15) is 15.4 Å². The van der Waals surface area contributed by atoms with E-state index in [1.807, 2.05) is 19.2 Å². The van der Waals surface area contributed by atoms with Crippen molar-refractivity contribution in [3.63, 3.8) is 0 Å². The first-order valence-corrected chi connectivity index (χ1v) is 13.0. The number of halogens is 1. The molecule has 0 bridgehead atoms. The van der Waals surface area contributed by atoms with Crippen molar-refractivity contribution in [2.24, 2.45) is 0 Å². The van der Waals surface area contributed by atoms with E-state index in [-0.39, 0.29) is 5.97 Å². The van der Waals surface area contributed by atoms with Gasteiger partial charge in [0.25, 0.3) is 0 Å². The number of esters is 1. The molecule has 0 aliphatic rings. The maximum absolute atomic E-state index is 11.7. The van der Waals surface area contributed by atoms with Gasteiger partial charge in [-0.05, 0) is 35.0 Å². The molecule has 0 radical (unpaired) electrons. The lowest BCUT2D eigenvalue weighted by molar-refractivity contribution is 0.0605. The maximum Gasteiger partial charge on any atom is 0.349 e. The zero-order valence-corrected chi connectivity index (χ0v) is 18.1. The van der Waals surface area contributed by atoms with Gasteiger partial charge in [0.2, 0.25) is 0 Å². The molecule has 2 aromatic heterocycles. The number of nitrogens with zero attached hydrogens (tertiary/aromatic N) is 2. The molecule has 0 aliphatic heterocycles. The van der Waals surface area contributed by atoms with Gasteiger partial charge in [0.15, 0.2) is 0 Å². The molecule has 0 N–H and O–H groups in total. The van der Waals surface area contributed by atoms with Crippen molar-refractivity contribution in [3.05, 3.63) is 27.3 Å². The van der Waals surface area contributed by atoms with Crippen LogP contribution in [0.3, 0.4) is 0 Å². The van der Waals surface area contributed by atoms with Gasteiger partial charge in [0, 0.05) is 35.8 Å². The molecule has 0 spiro atoms. The van der Waals surface area contributed by atoms with Gasteiger partial charge >= 0.3 is 5.97 Å². The number of carbonyl (C=O) groups is 1. The monoisotopic (exact) mass is 430 g/mol. The Balaban J connectivity index is 2.08. The molecule has 24 heavy (non-hydrogen) atoms. The third-order valence-electron chi connectivity index (χ3n) is 3.49. The van der Waals surface area contributed by atoms with Gasteiger partial charge in [0.1, 0.15) is 11.6 Å². The first kappa shape index (κ1) is 19.4. The molecule has 0 fully saturated rings. The lowest BCUT2D eigenvalue weighted by atomic mass is 10.2. The third-order valence-corrected chi connectivity index (χ3v) is 7.23. The molecule has 132 valence electrons. The number of methoxy groups -OCH3 is 1. The van der Waals surface area contributed by atoms with Gasteiger partial charge in [-0.15, -0.1) is 11.3 Å². The molecule has 2 rings (SSSR count). The fraction of sp³-hybridized carbons (Fsp3) is 0.500. The summed E-state index contributed by atoms with van der Waals surface area (Å²) in [7, 11) is 0.310. The molecule has 0 aliphatic carbocycles. The van der Waals surface area contributed by atoms with Crippen molar-refractivity contribution >= 4 is 41.3 Å². The van der Waals surface area contributed by atoms with Crippen molar-refractivity contribution in [1.29, 1.82) is 0 Å². The Morgan fingerprint density at radius 2 is 2.12 bits per heavy atom. The Bertz CT molecular complexity index is 721. The van der Waals surface area contributed by atoms with Gasteiger partial charge in [-0.25, -0.2) is 9.48 Å². The van der Waals surface area contributed by atoms with E-state index in [4.69, 9.17) is 9.47 Å². The number of ether oxygens (including phenoxy) is 2. The summed E-state index contributed by atoms with van der Waals surface area (Å²) in [5, 5.41) is 4.50. The fourth-order valence-corrected chi connectivity index (χ4v) is 4.67. The van der Waals surface area contributed by atoms with Crippen LogP contribution in [0.4, 0.5) is 0 Å². The Labute approximate surface area is 156 Å². The van der Waals surface area contributed by atoms with E-state index in [2.05, 4.69) is 40.7 Å². The van der Waals surface area contributed by atoms with E-state index < -0.39 is 8.07 Å². The lowest BCUT2D eigenvalue weighted by Gasteiger charge is -2.15. The first-order valence-electron chi connectivity index (χ1n) is 7.71. The largest absolute Gasteiger partial charge is 0.465 e. The Hall–Kier alpha value is -0.963. The molecular formula is C16H23BrN2O3SSi. The predicted molar refractivity (Wildman–Crippen MR) is 103 cm³/mol. The normalized spacial score (nSPS) is 11.8. The molecule has 0 atom stereocenters. The predicted octanol–water partition coefficient (Wildman–Crippen LogP) is 4.78. The van der Waals surface area contributed by atoms with Crippen LogP contribution in [0.25, 0.3) is 10.4 Å². The maximum atomic E-state index is 11.7. The van der Waals surface area contributed by atoms with Gasteiger partial charge in [-0.2, -0.15) is 5.10 Å². The van der Waals surface area contributed by atoms with Crippen molar-refractivity contribution in [2.45, 2.75) is 39.3 Å². The van der Waals surface area contributed by atoms with E-state index in [1.54, 1.807) is 4.68 Å². The van der Waals surface area contributed by atoms with Crippen LogP contribution in [0.5, 0.6) is 0 Å². The summed E-state index contributed by atoms with van der Waals surface area (Å²) in [4.78, 5) is 13.3. The molecule has 2 aromatic rings. The molecule has 8 heteroatoms. The van der Waals surface area contributed by atoms with E-state index in [0.29, 0.717) is 11.6 Å². The molecule has 0 saturated heterocycles. The Kier molecular flexibility index (Phi) is 6.41. The summed E-state index contributed by atoms with van der Waals surface area (Å²) in [6.45, 7) is 10.2. The van der Waals surface area contributed by atoms with Crippen molar-refractivity contribution in [1.82, 2.24) is 9.78 Å². The van der Waals surface area contributed by atoms with E-state index in [1.165, 1.54) is 18.4 Å². The Morgan fingerprint density at radius 1 is 1.42 bits per heavy atom. The van der Waals surface area contributed by atoms with Crippen LogP contribution in [0, 0.1) is 6.92 Å². The second-order valence-electron chi connectivity index (χ2n) is 6.79. The number of hydrogen-bond acceptors (Lipinski definition) is 5. The molecule has 5 nitrogen and oxygen atoms in total. The number of carbonyl (C=O) groups excluding carboxylic acids is 1. The number of aromatic nitrogens is 2. The zero-order chi connectivity index (χ0) is 17.9. The van der Waals surface area contributed by atoms with Crippen LogP contribution in [0.2, 0.25) is 25.7 Å². The number of hydrogen-bond donors (Lipinski definition) is 0. The second kappa shape index (κ2) is 7.94. The number of rotatable bonds is 7. The molecule has 0 saturated carbocycles. The average molecular weight is 431 g/mol. The highest BCUT2D eigenvalue weighted by Gasteiger charge is 2.18. The highest BCUT2D eigenvalue weighted by atomic mass is 79.9. The van der Waals surface area contributed by atoms with Crippen molar-refractivity contribution in [2.75, 3.05) is 13.7 Å². The minimum Gasteiger partial charge on any atom is -0.465 e. The van der Waals surface area contributed by atoms with Gasteiger partial charge < -0.3 is 9.47 Å². The molecular weight excluding hydrogens is 408 g/mol. The van der Waals surface area contributed by atoms with Crippen LogP contribution >= 0.6 is 27.3 Å². The summed E-state index contributed by atoms with van der Waals surface area (Å²) in [6, 6.07) is 3.07. The summed E-state index contributed by atoms with van der Waals surface area (Å²) in [6.07, 6.45) is 1.96. The van der Waals surface area contributed by atoms with Crippen LogP contribution in [0.15, 0.2) is 16.7 Å². The van der Waals surface area contributed by atoms with Crippen LogP contribution < -0.4 is 0 Å². The van der Waals surface area contributed by atoms with Crippen molar-refractivity contribution < 1.29 is 14.3 Å². The highest BCUT2D eigenvalue weighted by molar-refractivity contribution is 9.10. The highest BCUT2D eigenvalue weighted by Crippen LogP contribution is 2.36. The molecule has 2 heterocycles. The van der Waals surface area contributed by atoms with Gasteiger partial charge in [0.05, 0.1) is 12.8 Å². The second-order valence-corrected chi connectivity index (χ2v) is 14.3. The zero-order valence-electron chi connectivity index (χ0n) is 14.7.